The summed E-state index contributed by atoms with van der Waals surface area (Å²) < 4.78 is 27.4. The summed E-state index contributed by atoms with van der Waals surface area (Å²) in [7, 11) is 1.99. The fourth-order valence-corrected chi connectivity index (χ4v) is 2.18. The van der Waals surface area contributed by atoms with Crippen molar-refractivity contribution in [3.8, 4) is 6.07 Å². The van der Waals surface area contributed by atoms with Crippen molar-refractivity contribution in [2.24, 2.45) is 0 Å². The zero-order chi connectivity index (χ0) is 13.1. The lowest BCUT2D eigenvalue weighted by molar-refractivity contribution is 0.129. The lowest BCUT2D eigenvalue weighted by Crippen LogP contribution is -2.46. The number of benzene rings is 1. The molecule has 0 spiro atoms. The highest BCUT2D eigenvalue weighted by atomic mass is 19.1. The molecule has 0 radical (unpaired) electrons. The molecule has 1 saturated heterocycles. The third-order valence-corrected chi connectivity index (χ3v) is 3.30. The number of nitrogens with zero attached hydrogens (tertiary/aromatic N) is 3. The van der Waals surface area contributed by atoms with Crippen LogP contribution in [-0.4, -0.2) is 43.0 Å². The monoisotopic (exact) mass is 251 g/mol. The van der Waals surface area contributed by atoms with Gasteiger partial charge in [0.25, 0.3) is 0 Å². The molecule has 5 heteroatoms. The lowest BCUT2D eigenvalue weighted by Gasteiger charge is -2.35. The Labute approximate surface area is 105 Å². The molecule has 0 saturated carbocycles. The Kier molecular flexibility index (Phi) is 3.90. The molecule has 1 heterocycles. The second-order valence-electron chi connectivity index (χ2n) is 4.51. The van der Waals surface area contributed by atoms with E-state index in [9.17, 15) is 14.0 Å². The topological polar surface area (TPSA) is 30.3 Å². The van der Waals surface area contributed by atoms with Crippen LogP contribution in [-0.2, 0) is 0 Å². The van der Waals surface area contributed by atoms with Gasteiger partial charge in [-0.3, -0.25) is 4.90 Å². The van der Waals surface area contributed by atoms with Crippen LogP contribution in [0.5, 0.6) is 0 Å². The van der Waals surface area contributed by atoms with E-state index in [4.69, 9.17) is 0 Å². The van der Waals surface area contributed by atoms with Crippen LogP contribution < -0.4 is 0 Å². The molecule has 1 aromatic rings. The Morgan fingerprint density at radius 2 is 1.72 bits per heavy atom. The van der Waals surface area contributed by atoms with Gasteiger partial charge in [-0.05, 0) is 19.2 Å². The average Bonchev–Trinajstić information content (AvgIpc) is 2.35. The number of halogens is 2. The summed E-state index contributed by atoms with van der Waals surface area (Å²) in [5.74, 6) is -1.30. The fourth-order valence-electron chi connectivity index (χ4n) is 2.18. The standard InChI is InChI=1S/C13H15F2N3/c1-17-5-7-18(8-6-17)12(9-16)13-10(14)3-2-4-11(13)15/h2-4,12H,5-8H2,1H3. The van der Waals surface area contributed by atoms with Crippen molar-refractivity contribution in [3.63, 3.8) is 0 Å². The van der Waals surface area contributed by atoms with Gasteiger partial charge in [-0.2, -0.15) is 5.26 Å². The molecule has 0 bridgehead atoms. The van der Waals surface area contributed by atoms with E-state index in [0.29, 0.717) is 13.1 Å². The molecule has 1 fully saturated rings. The molecule has 1 unspecified atom stereocenters. The summed E-state index contributed by atoms with van der Waals surface area (Å²) in [5.41, 5.74) is -0.135. The van der Waals surface area contributed by atoms with E-state index in [-0.39, 0.29) is 5.56 Å². The van der Waals surface area contributed by atoms with Crippen LogP contribution >= 0.6 is 0 Å². The van der Waals surface area contributed by atoms with E-state index >= 15 is 0 Å². The molecule has 0 aromatic heterocycles. The lowest BCUT2D eigenvalue weighted by atomic mass is 10.0. The molecule has 0 N–H and O–H groups in total. The van der Waals surface area contributed by atoms with E-state index < -0.39 is 17.7 Å². The van der Waals surface area contributed by atoms with Gasteiger partial charge in [0.2, 0.25) is 0 Å². The maximum atomic E-state index is 13.7. The molecule has 96 valence electrons. The Balaban J connectivity index is 2.26. The van der Waals surface area contributed by atoms with Gasteiger partial charge in [-0.1, -0.05) is 6.07 Å². The number of rotatable bonds is 2. The van der Waals surface area contributed by atoms with Gasteiger partial charge in [-0.25, -0.2) is 8.78 Å². The average molecular weight is 251 g/mol. The maximum Gasteiger partial charge on any atom is 0.132 e. The summed E-state index contributed by atoms with van der Waals surface area (Å²) >= 11 is 0. The molecule has 2 rings (SSSR count). The van der Waals surface area contributed by atoms with Crippen LogP contribution in [0.15, 0.2) is 18.2 Å². The quantitative estimate of drug-likeness (QED) is 0.802. The van der Waals surface area contributed by atoms with Crippen LogP contribution in [0.2, 0.25) is 0 Å². The number of hydrogen-bond acceptors (Lipinski definition) is 3. The molecule has 0 aliphatic carbocycles. The summed E-state index contributed by atoms with van der Waals surface area (Å²) in [6.07, 6.45) is 0. The Hall–Kier alpha value is -1.51. The number of nitriles is 1. The Morgan fingerprint density at radius 1 is 1.17 bits per heavy atom. The van der Waals surface area contributed by atoms with Gasteiger partial charge < -0.3 is 4.90 Å². The summed E-state index contributed by atoms with van der Waals surface area (Å²) in [5, 5.41) is 9.21. The number of likely N-dealkylation sites (N-methyl/N-ethyl adjacent to an activating group) is 1. The van der Waals surface area contributed by atoms with E-state index in [1.54, 1.807) is 0 Å². The van der Waals surface area contributed by atoms with Gasteiger partial charge in [0.1, 0.15) is 17.7 Å². The van der Waals surface area contributed by atoms with Crippen molar-refractivity contribution in [3.05, 3.63) is 35.4 Å². The van der Waals surface area contributed by atoms with Gasteiger partial charge in [0.05, 0.1) is 11.6 Å². The maximum absolute atomic E-state index is 13.7. The highest BCUT2D eigenvalue weighted by molar-refractivity contribution is 5.27. The number of hydrogen-bond donors (Lipinski definition) is 0. The minimum Gasteiger partial charge on any atom is -0.304 e. The summed E-state index contributed by atoms with van der Waals surface area (Å²) in [6, 6.07) is 4.86. The third-order valence-electron chi connectivity index (χ3n) is 3.30. The molecule has 1 aliphatic heterocycles. The highest BCUT2D eigenvalue weighted by Crippen LogP contribution is 2.26. The first-order valence-corrected chi connectivity index (χ1v) is 5.89. The normalized spacial score (nSPS) is 19.4. The van der Waals surface area contributed by atoms with Gasteiger partial charge >= 0.3 is 0 Å². The van der Waals surface area contributed by atoms with E-state index in [0.717, 1.165) is 13.1 Å². The smallest absolute Gasteiger partial charge is 0.132 e. The van der Waals surface area contributed by atoms with Crippen LogP contribution in [0.1, 0.15) is 11.6 Å². The molecule has 3 nitrogen and oxygen atoms in total. The van der Waals surface area contributed by atoms with Crippen LogP contribution in [0.3, 0.4) is 0 Å². The first-order chi connectivity index (χ1) is 8.63. The van der Waals surface area contributed by atoms with Crippen molar-refractivity contribution in [2.45, 2.75) is 6.04 Å². The van der Waals surface area contributed by atoms with Crippen molar-refractivity contribution < 1.29 is 8.78 Å². The Morgan fingerprint density at radius 3 is 2.22 bits per heavy atom. The van der Waals surface area contributed by atoms with Crippen LogP contribution in [0, 0.1) is 23.0 Å². The van der Waals surface area contributed by atoms with Gasteiger partial charge in [-0.15, -0.1) is 0 Å². The van der Waals surface area contributed by atoms with Crippen molar-refractivity contribution >= 4 is 0 Å². The second kappa shape index (κ2) is 5.42. The predicted octanol–water partition coefficient (Wildman–Crippen LogP) is 1.78. The minimum absolute atomic E-state index is 0.135. The molecular weight excluding hydrogens is 236 g/mol. The molecule has 1 atom stereocenters. The number of piperazine rings is 1. The summed E-state index contributed by atoms with van der Waals surface area (Å²) in [6.45, 7) is 2.88. The van der Waals surface area contributed by atoms with Crippen LogP contribution in [0.4, 0.5) is 8.78 Å². The van der Waals surface area contributed by atoms with E-state index in [1.807, 2.05) is 18.0 Å². The zero-order valence-corrected chi connectivity index (χ0v) is 10.2. The SMILES string of the molecule is CN1CCN(C(C#N)c2c(F)cccc2F)CC1. The first-order valence-electron chi connectivity index (χ1n) is 5.89. The predicted molar refractivity (Wildman–Crippen MR) is 63.8 cm³/mol. The summed E-state index contributed by atoms with van der Waals surface area (Å²) in [4.78, 5) is 3.95. The molecule has 1 aliphatic rings. The minimum atomic E-state index is -0.847. The van der Waals surface area contributed by atoms with E-state index in [1.165, 1.54) is 18.2 Å². The van der Waals surface area contributed by atoms with Gasteiger partial charge in [0.15, 0.2) is 0 Å². The Bertz CT molecular complexity index is 442. The highest BCUT2D eigenvalue weighted by Gasteiger charge is 2.28. The van der Waals surface area contributed by atoms with Gasteiger partial charge in [0, 0.05) is 26.2 Å². The molecule has 18 heavy (non-hydrogen) atoms. The first kappa shape index (κ1) is 12.9. The fraction of sp³-hybridized carbons (Fsp3) is 0.462. The largest absolute Gasteiger partial charge is 0.304 e. The molecular formula is C13H15F2N3. The molecule has 1 aromatic carbocycles. The van der Waals surface area contributed by atoms with Crippen LogP contribution in [0.25, 0.3) is 0 Å². The van der Waals surface area contributed by atoms with Crippen molar-refractivity contribution in [1.82, 2.24) is 9.80 Å². The zero-order valence-electron chi connectivity index (χ0n) is 10.2. The van der Waals surface area contributed by atoms with Crippen molar-refractivity contribution in [2.75, 3.05) is 33.2 Å². The van der Waals surface area contributed by atoms with Crippen molar-refractivity contribution in [1.29, 1.82) is 5.26 Å². The molecule has 0 amide bonds. The second-order valence-corrected chi connectivity index (χ2v) is 4.51. The third kappa shape index (κ3) is 2.50. The van der Waals surface area contributed by atoms with E-state index in [2.05, 4.69) is 4.90 Å².